The van der Waals surface area contributed by atoms with Crippen LogP contribution in [0, 0.1) is 0 Å². The van der Waals surface area contributed by atoms with Gasteiger partial charge in [-0.3, -0.25) is 19.5 Å². The van der Waals surface area contributed by atoms with Gasteiger partial charge in [0.25, 0.3) is 15.9 Å². The quantitative estimate of drug-likeness (QED) is 0.587. The lowest BCUT2D eigenvalue weighted by molar-refractivity contribution is 0.0951. The van der Waals surface area contributed by atoms with Crippen molar-refractivity contribution in [3.05, 3.63) is 78.4 Å². The highest BCUT2D eigenvalue weighted by molar-refractivity contribution is 7.92. The molecule has 0 saturated heterocycles. The van der Waals surface area contributed by atoms with Crippen molar-refractivity contribution in [1.82, 2.24) is 15.3 Å². The zero-order chi connectivity index (χ0) is 20.7. The van der Waals surface area contributed by atoms with Crippen molar-refractivity contribution < 1.29 is 17.9 Å². The number of hydrogen-bond acceptors (Lipinski definition) is 6. The number of ether oxygens (including phenoxy) is 1. The summed E-state index contributed by atoms with van der Waals surface area (Å²) in [6, 6.07) is 11.2. The van der Waals surface area contributed by atoms with Crippen molar-refractivity contribution in [3.8, 4) is 5.75 Å². The van der Waals surface area contributed by atoms with E-state index in [1.165, 1.54) is 37.7 Å². The molecule has 0 radical (unpaired) electrons. The molecule has 0 aliphatic carbocycles. The number of nitrogens with zero attached hydrogens (tertiary/aromatic N) is 2. The number of methoxy groups -OCH3 is 1. The van der Waals surface area contributed by atoms with E-state index in [0.29, 0.717) is 18.7 Å². The Bertz CT molecular complexity index is 1090. The van der Waals surface area contributed by atoms with E-state index in [2.05, 4.69) is 20.0 Å². The number of benzene rings is 1. The lowest BCUT2D eigenvalue weighted by Crippen LogP contribution is -2.28. The number of sulfonamides is 1. The molecule has 0 bridgehead atoms. The highest BCUT2D eigenvalue weighted by Gasteiger charge is 2.22. The summed E-state index contributed by atoms with van der Waals surface area (Å²) in [7, 11) is -2.55. The Labute approximate surface area is 169 Å². The predicted molar refractivity (Wildman–Crippen MR) is 108 cm³/mol. The Balaban J connectivity index is 1.75. The van der Waals surface area contributed by atoms with Gasteiger partial charge in [0.2, 0.25) is 0 Å². The number of carbonyl (C=O) groups excluding carboxylic acids is 1. The van der Waals surface area contributed by atoms with Crippen LogP contribution in [0.15, 0.2) is 72.1 Å². The van der Waals surface area contributed by atoms with E-state index in [0.717, 1.165) is 5.56 Å². The fraction of sp³-hybridized carbons (Fsp3) is 0.150. The van der Waals surface area contributed by atoms with Gasteiger partial charge < -0.3 is 10.1 Å². The predicted octanol–water partition coefficient (Wildman–Crippen LogP) is 2.26. The second-order valence-corrected chi connectivity index (χ2v) is 7.73. The van der Waals surface area contributed by atoms with Gasteiger partial charge in [0.05, 0.1) is 30.8 Å². The summed E-state index contributed by atoms with van der Waals surface area (Å²) >= 11 is 0. The van der Waals surface area contributed by atoms with Crippen LogP contribution in [0.4, 0.5) is 5.69 Å². The first-order valence-electron chi connectivity index (χ1n) is 8.77. The van der Waals surface area contributed by atoms with Crippen molar-refractivity contribution in [2.24, 2.45) is 0 Å². The van der Waals surface area contributed by atoms with Gasteiger partial charge >= 0.3 is 0 Å². The molecule has 1 aromatic carbocycles. The highest BCUT2D eigenvalue weighted by Crippen LogP contribution is 2.21. The molecule has 29 heavy (non-hydrogen) atoms. The van der Waals surface area contributed by atoms with Gasteiger partial charge in [-0.05, 0) is 30.2 Å². The summed E-state index contributed by atoms with van der Waals surface area (Å²) in [5.41, 5.74) is 1.26. The highest BCUT2D eigenvalue weighted by atomic mass is 32.2. The molecule has 0 saturated carbocycles. The Morgan fingerprint density at radius 3 is 2.66 bits per heavy atom. The summed E-state index contributed by atoms with van der Waals surface area (Å²) in [6.45, 7) is 0.353. The third-order valence-corrected chi connectivity index (χ3v) is 5.48. The molecule has 0 spiro atoms. The largest absolute Gasteiger partial charge is 0.495 e. The van der Waals surface area contributed by atoms with Gasteiger partial charge in [0.1, 0.15) is 10.6 Å². The third-order valence-electron chi connectivity index (χ3n) is 4.04. The molecule has 3 rings (SSSR count). The van der Waals surface area contributed by atoms with Crippen molar-refractivity contribution in [1.29, 1.82) is 0 Å². The number of aromatic nitrogens is 2. The molecular formula is C20H20N4O4S. The number of pyridine rings is 2. The number of amides is 1. The van der Waals surface area contributed by atoms with Crippen LogP contribution in [0.2, 0.25) is 0 Å². The zero-order valence-electron chi connectivity index (χ0n) is 15.7. The van der Waals surface area contributed by atoms with Gasteiger partial charge in [-0.1, -0.05) is 18.2 Å². The van der Waals surface area contributed by atoms with E-state index < -0.39 is 15.9 Å². The molecule has 0 fully saturated rings. The molecule has 0 aliphatic rings. The number of hydrogen-bond donors (Lipinski definition) is 2. The standard InChI is InChI=1S/C20H20N4O4S/c1-28-17-11-16(13-22-14-17)24-29(26,27)19-7-3-2-6-18(19)20(25)23-10-8-15-5-4-9-21-12-15/h2-7,9,11-14,24H,8,10H2,1H3,(H,23,25). The normalized spacial score (nSPS) is 10.9. The Morgan fingerprint density at radius 2 is 1.90 bits per heavy atom. The van der Waals surface area contributed by atoms with Gasteiger partial charge in [-0.25, -0.2) is 8.42 Å². The average Bonchev–Trinajstić information content (AvgIpc) is 2.74. The maximum atomic E-state index is 12.9. The van der Waals surface area contributed by atoms with Crippen molar-refractivity contribution >= 4 is 21.6 Å². The third kappa shape index (κ3) is 5.29. The van der Waals surface area contributed by atoms with E-state index in [1.54, 1.807) is 24.5 Å². The van der Waals surface area contributed by atoms with Crippen molar-refractivity contribution in [2.75, 3.05) is 18.4 Å². The number of nitrogens with one attached hydrogen (secondary N) is 2. The SMILES string of the molecule is COc1cncc(NS(=O)(=O)c2ccccc2C(=O)NCCc2cccnc2)c1. The molecule has 0 unspecified atom stereocenters. The first-order valence-corrected chi connectivity index (χ1v) is 10.3. The molecule has 0 atom stereocenters. The Hall–Kier alpha value is -3.46. The van der Waals surface area contributed by atoms with Gasteiger partial charge in [-0.15, -0.1) is 0 Å². The zero-order valence-corrected chi connectivity index (χ0v) is 16.5. The molecule has 8 nitrogen and oxygen atoms in total. The average molecular weight is 412 g/mol. The smallest absolute Gasteiger partial charge is 0.262 e. The minimum absolute atomic E-state index is 0.0574. The van der Waals surface area contributed by atoms with Crippen LogP contribution in [0.5, 0.6) is 5.75 Å². The topological polar surface area (TPSA) is 110 Å². The molecule has 2 aromatic heterocycles. The number of anilines is 1. The molecule has 9 heteroatoms. The van der Waals surface area contributed by atoms with E-state index in [4.69, 9.17) is 4.74 Å². The lowest BCUT2D eigenvalue weighted by Gasteiger charge is -2.13. The van der Waals surface area contributed by atoms with Crippen molar-refractivity contribution in [3.63, 3.8) is 0 Å². The molecule has 2 N–H and O–H groups in total. The van der Waals surface area contributed by atoms with E-state index in [-0.39, 0.29) is 16.1 Å². The second kappa shape index (κ2) is 9.16. The lowest BCUT2D eigenvalue weighted by atomic mass is 10.2. The molecule has 1 amide bonds. The monoisotopic (exact) mass is 412 g/mol. The first-order chi connectivity index (χ1) is 14.0. The first kappa shape index (κ1) is 20.3. The Morgan fingerprint density at radius 1 is 1.07 bits per heavy atom. The summed E-state index contributed by atoms with van der Waals surface area (Å²) in [5.74, 6) is -0.0646. The van der Waals surface area contributed by atoms with Crippen LogP contribution < -0.4 is 14.8 Å². The molecule has 2 heterocycles. The van der Waals surface area contributed by atoms with Crippen molar-refractivity contribution in [2.45, 2.75) is 11.3 Å². The van der Waals surface area contributed by atoms with Crippen LogP contribution in [0.25, 0.3) is 0 Å². The van der Waals surface area contributed by atoms with E-state index >= 15 is 0 Å². The van der Waals surface area contributed by atoms with Gasteiger partial charge in [-0.2, -0.15) is 0 Å². The number of carbonyl (C=O) groups is 1. The molecule has 150 valence electrons. The van der Waals surface area contributed by atoms with E-state index in [1.807, 2.05) is 12.1 Å². The number of rotatable bonds is 8. The van der Waals surface area contributed by atoms with Crippen LogP contribution in [0.1, 0.15) is 15.9 Å². The van der Waals surface area contributed by atoms with Crippen LogP contribution in [0.3, 0.4) is 0 Å². The van der Waals surface area contributed by atoms with Crippen LogP contribution in [-0.4, -0.2) is 37.9 Å². The summed E-state index contributed by atoms with van der Waals surface area (Å²) in [4.78, 5) is 20.4. The Kier molecular flexibility index (Phi) is 6.40. The molecular weight excluding hydrogens is 392 g/mol. The summed E-state index contributed by atoms with van der Waals surface area (Å²) < 4.78 is 33.2. The fourth-order valence-electron chi connectivity index (χ4n) is 2.65. The minimum atomic E-state index is -4.01. The van der Waals surface area contributed by atoms with E-state index in [9.17, 15) is 13.2 Å². The summed E-state index contributed by atoms with van der Waals surface area (Å²) in [5, 5.41) is 2.75. The molecule has 0 aliphatic heterocycles. The van der Waals surface area contributed by atoms with Crippen LogP contribution >= 0.6 is 0 Å². The van der Waals surface area contributed by atoms with Gasteiger partial charge in [0, 0.05) is 25.0 Å². The van der Waals surface area contributed by atoms with Crippen LogP contribution in [-0.2, 0) is 16.4 Å². The summed E-state index contributed by atoms with van der Waals surface area (Å²) in [6.07, 6.45) is 6.80. The maximum absolute atomic E-state index is 12.9. The van der Waals surface area contributed by atoms with Gasteiger partial charge in [0.15, 0.2) is 0 Å². The maximum Gasteiger partial charge on any atom is 0.262 e. The second-order valence-electron chi connectivity index (χ2n) is 6.08. The molecule has 3 aromatic rings. The minimum Gasteiger partial charge on any atom is -0.495 e. The fourth-order valence-corrected chi connectivity index (χ4v) is 3.89.